The van der Waals surface area contributed by atoms with Crippen molar-refractivity contribution in [1.82, 2.24) is 4.90 Å². The Labute approximate surface area is 111 Å². The minimum Gasteiger partial charge on any atom is -0.480 e. The molecule has 6 heteroatoms. The van der Waals surface area contributed by atoms with Gasteiger partial charge in [-0.1, -0.05) is 17.7 Å². The third-order valence-corrected chi connectivity index (χ3v) is 2.76. The van der Waals surface area contributed by atoms with Gasteiger partial charge in [-0.15, -0.1) is 0 Å². The Morgan fingerprint density at radius 2 is 1.74 bits per heavy atom. The highest BCUT2D eigenvalue weighted by atomic mass is 16.4. The molecule has 0 saturated carbocycles. The topological polar surface area (TPSA) is 86.7 Å². The van der Waals surface area contributed by atoms with Crippen molar-refractivity contribution in [3.05, 3.63) is 29.8 Å². The predicted molar refractivity (Wildman–Crippen MR) is 69.7 cm³/mol. The summed E-state index contributed by atoms with van der Waals surface area (Å²) in [6, 6.07) is 5.87. The molecule has 0 aliphatic heterocycles. The van der Waals surface area contributed by atoms with Crippen LogP contribution in [-0.4, -0.2) is 40.9 Å². The van der Waals surface area contributed by atoms with E-state index in [0.29, 0.717) is 5.69 Å². The lowest BCUT2D eigenvalue weighted by molar-refractivity contribution is -0.151. The summed E-state index contributed by atoms with van der Waals surface area (Å²) in [7, 11) is 1.27. The maximum atomic E-state index is 11.7. The van der Waals surface area contributed by atoms with Crippen molar-refractivity contribution in [2.45, 2.75) is 19.9 Å². The number of rotatable bonds is 3. The third kappa shape index (κ3) is 3.80. The van der Waals surface area contributed by atoms with Crippen LogP contribution >= 0.6 is 0 Å². The molecular weight excluding hydrogens is 248 g/mol. The zero-order chi connectivity index (χ0) is 14.6. The van der Waals surface area contributed by atoms with Gasteiger partial charge >= 0.3 is 17.8 Å². The Bertz CT molecular complexity index is 496. The molecule has 0 saturated heterocycles. The first kappa shape index (κ1) is 14.7. The molecule has 102 valence electrons. The van der Waals surface area contributed by atoms with Crippen LogP contribution in [0.25, 0.3) is 0 Å². The molecule has 0 aliphatic carbocycles. The third-order valence-electron chi connectivity index (χ3n) is 2.76. The number of carboxylic acids is 1. The van der Waals surface area contributed by atoms with Crippen molar-refractivity contribution < 1.29 is 19.5 Å². The molecular formula is C13H16N2O4. The first-order chi connectivity index (χ1) is 8.82. The summed E-state index contributed by atoms with van der Waals surface area (Å²) in [5.41, 5.74) is 1.52. The number of aryl methyl sites for hydroxylation is 1. The number of carboxylic acid groups (broad SMARTS) is 1. The minimum absolute atomic E-state index is 0.486. The number of benzene rings is 1. The molecule has 0 fully saturated rings. The number of anilines is 1. The lowest BCUT2D eigenvalue weighted by Gasteiger charge is -2.20. The molecule has 0 spiro atoms. The molecule has 2 N–H and O–H groups in total. The Kier molecular flexibility index (Phi) is 4.63. The Balaban J connectivity index is 2.70. The molecule has 1 unspecified atom stereocenters. The van der Waals surface area contributed by atoms with Gasteiger partial charge in [-0.05, 0) is 26.0 Å². The van der Waals surface area contributed by atoms with Crippen molar-refractivity contribution in [3.63, 3.8) is 0 Å². The Morgan fingerprint density at radius 1 is 1.21 bits per heavy atom. The van der Waals surface area contributed by atoms with Crippen molar-refractivity contribution in [3.8, 4) is 0 Å². The summed E-state index contributed by atoms with van der Waals surface area (Å²) in [5, 5.41) is 11.2. The number of likely N-dealkylation sites (N-methyl/N-ethyl adjacent to an activating group) is 1. The molecule has 2 amide bonds. The molecule has 1 aromatic rings. The van der Waals surface area contributed by atoms with Gasteiger partial charge in [-0.3, -0.25) is 9.59 Å². The van der Waals surface area contributed by atoms with Gasteiger partial charge < -0.3 is 15.3 Å². The number of nitrogens with one attached hydrogen (secondary N) is 1. The van der Waals surface area contributed by atoms with Crippen molar-refractivity contribution in [2.75, 3.05) is 12.4 Å². The van der Waals surface area contributed by atoms with Crippen LogP contribution in [0.1, 0.15) is 12.5 Å². The number of hydrogen-bond donors (Lipinski definition) is 2. The van der Waals surface area contributed by atoms with E-state index in [1.165, 1.54) is 14.0 Å². The largest absolute Gasteiger partial charge is 0.480 e. The number of nitrogens with zero attached hydrogens (tertiary/aromatic N) is 1. The zero-order valence-corrected chi connectivity index (χ0v) is 11.0. The van der Waals surface area contributed by atoms with E-state index in [0.717, 1.165) is 10.5 Å². The number of carbonyl (C=O) groups is 3. The van der Waals surface area contributed by atoms with Crippen LogP contribution in [0.3, 0.4) is 0 Å². The molecule has 0 bridgehead atoms. The molecule has 0 radical (unpaired) electrons. The first-order valence-corrected chi connectivity index (χ1v) is 5.70. The minimum atomic E-state index is -1.17. The van der Waals surface area contributed by atoms with Gasteiger partial charge in [-0.2, -0.15) is 0 Å². The van der Waals surface area contributed by atoms with Crippen molar-refractivity contribution in [2.24, 2.45) is 0 Å². The van der Waals surface area contributed by atoms with E-state index in [1.807, 2.05) is 6.92 Å². The molecule has 1 aromatic carbocycles. The second-order valence-corrected chi connectivity index (χ2v) is 4.25. The maximum Gasteiger partial charge on any atom is 0.326 e. The van der Waals surface area contributed by atoms with Crippen LogP contribution in [0.5, 0.6) is 0 Å². The summed E-state index contributed by atoms with van der Waals surface area (Å²) in [6.07, 6.45) is 0. The highest BCUT2D eigenvalue weighted by Crippen LogP contribution is 2.09. The molecule has 0 aromatic heterocycles. The van der Waals surface area contributed by atoms with Crippen LogP contribution in [0.2, 0.25) is 0 Å². The van der Waals surface area contributed by atoms with Crippen LogP contribution < -0.4 is 5.32 Å². The lowest BCUT2D eigenvalue weighted by atomic mass is 10.2. The SMILES string of the molecule is Cc1ccc(NC(=O)C(=O)N(C)C(C)C(=O)O)cc1. The fourth-order valence-corrected chi connectivity index (χ4v) is 1.32. The van der Waals surface area contributed by atoms with Crippen LogP contribution in [0, 0.1) is 6.92 Å². The van der Waals surface area contributed by atoms with Gasteiger partial charge in [0, 0.05) is 12.7 Å². The van der Waals surface area contributed by atoms with Gasteiger partial charge in [0.1, 0.15) is 6.04 Å². The van der Waals surface area contributed by atoms with Crippen LogP contribution in [-0.2, 0) is 14.4 Å². The summed E-state index contributed by atoms with van der Waals surface area (Å²) in [4.78, 5) is 35.0. The second kappa shape index (κ2) is 5.99. The van der Waals surface area contributed by atoms with Gasteiger partial charge in [0.05, 0.1) is 0 Å². The maximum absolute atomic E-state index is 11.7. The lowest BCUT2D eigenvalue weighted by Crippen LogP contribution is -2.45. The average molecular weight is 264 g/mol. The summed E-state index contributed by atoms with van der Waals surface area (Å²) in [6.45, 7) is 3.23. The second-order valence-electron chi connectivity index (χ2n) is 4.25. The Hall–Kier alpha value is -2.37. The summed E-state index contributed by atoms with van der Waals surface area (Å²) < 4.78 is 0. The number of aliphatic carboxylic acids is 1. The smallest absolute Gasteiger partial charge is 0.326 e. The molecule has 6 nitrogen and oxygen atoms in total. The molecule has 1 atom stereocenters. The van der Waals surface area contributed by atoms with E-state index in [9.17, 15) is 14.4 Å². The number of carbonyl (C=O) groups excluding carboxylic acids is 2. The molecule has 0 heterocycles. The van der Waals surface area contributed by atoms with Gasteiger partial charge in [-0.25, -0.2) is 4.79 Å². The van der Waals surface area contributed by atoms with E-state index in [1.54, 1.807) is 24.3 Å². The molecule has 19 heavy (non-hydrogen) atoms. The van der Waals surface area contributed by atoms with Crippen molar-refractivity contribution >= 4 is 23.5 Å². The quantitative estimate of drug-likeness (QED) is 0.793. The van der Waals surface area contributed by atoms with Crippen molar-refractivity contribution in [1.29, 1.82) is 0 Å². The van der Waals surface area contributed by atoms with E-state index in [-0.39, 0.29) is 0 Å². The number of amides is 2. The van der Waals surface area contributed by atoms with E-state index in [4.69, 9.17) is 5.11 Å². The fraction of sp³-hybridized carbons (Fsp3) is 0.308. The van der Waals surface area contributed by atoms with Gasteiger partial charge in [0.15, 0.2) is 0 Å². The monoisotopic (exact) mass is 264 g/mol. The summed E-state index contributed by atoms with van der Waals surface area (Å²) >= 11 is 0. The zero-order valence-electron chi connectivity index (χ0n) is 11.0. The molecule has 1 rings (SSSR count). The van der Waals surface area contributed by atoms with Crippen LogP contribution in [0.4, 0.5) is 5.69 Å². The predicted octanol–water partition coefficient (Wildman–Crippen LogP) is 0.865. The standard InChI is InChI=1S/C13H16N2O4/c1-8-4-6-10(7-5-8)14-11(16)12(17)15(3)9(2)13(18)19/h4-7,9H,1-3H3,(H,14,16)(H,18,19). The van der Waals surface area contributed by atoms with E-state index in [2.05, 4.69) is 5.32 Å². The molecule has 0 aliphatic rings. The van der Waals surface area contributed by atoms with Crippen LogP contribution in [0.15, 0.2) is 24.3 Å². The Morgan fingerprint density at radius 3 is 2.21 bits per heavy atom. The highest BCUT2D eigenvalue weighted by molar-refractivity contribution is 6.39. The van der Waals surface area contributed by atoms with Gasteiger partial charge in [0.25, 0.3) is 0 Å². The summed E-state index contributed by atoms with van der Waals surface area (Å²) in [5.74, 6) is -2.92. The highest BCUT2D eigenvalue weighted by Gasteiger charge is 2.26. The van der Waals surface area contributed by atoms with E-state index < -0.39 is 23.8 Å². The van der Waals surface area contributed by atoms with Gasteiger partial charge in [0.2, 0.25) is 0 Å². The fourth-order valence-electron chi connectivity index (χ4n) is 1.32. The van der Waals surface area contributed by atoms with E-state index >= 15 is 0 Å². The average Bonchev–Trinajstić information content (AvgIpc) is 2.38. The number of hydrogen-bond acceptors (Lipinski definition) is 3. The first-order valence-electron chi connectivity index (χ1n) is 5.70. The normalized spacial score (nSPS) is 11.5.